The van der Waals surface area contributed by atoms with Crippen LogP contribution in [-0.4, -0.2) is 26.7 Å². The molecule has 0 radical (unpaired) electrons. The van der Waals surface area contributed by atoms with Crippen molar-refractivity contribution in [3.8, 4) is 17.2 Å². The fourth-order valence-electron chi connectivity index (χ4n) is 5.30. The largest absolute Gasteiger partial charge is 0.495 e. The van der Waals surface area contributed by atoms with Crippen LogP contribution in [0.3, 0.4) is 0 Å². The van der Waals surface area contributed by atoms with Gasteiger partial charge in [0.1, 0.15) is 11.3 Å². The van der Waals surface area contributed by atoms with Crippen molar-refractivity contribution in [1.29, 1.82) is 0 Å². The van der Waals surface area contributed by atoms with E-state index in [2.05, 4.69) is 6.92 Å². The smallest absolute Gasteiger partial charge is 0.295 e. The van der Waals surface area contributed by atoms with E-state index in [4.69, 9.17) is 30.2 Å². The molecule has 214 valence electrons. The molecule has 0 aliphatic carbocycles. The van der Waals surface area contributed by atoms with Gasteiger partial charge in [0.2, 0.25) is 5.76 Å². The molecule has 5 rings (SSSR count). The van der Waals surface area contributed by atoms with Crippen LogP contribution in [0.5, 0.6) is 17.2 Å². The minimum absolute atomic E-state index is 0.0120. The van der Waals surface area contributed by atoms with Gasteiger partial charge in [-0.05, 0) is 79.4 Å². The maximum Gasteiger partial charge on any atom is 0.295 e. The van der Waals surface area contributed by atoms with Gasteiger partial charge in [-0.2, -0.15) is 0 Å². The summed E-state index contributed by atoms with van der Waals surface area (Å²) in [6, 6.07) is 13.4. The Morgan fingerprint density at radius 2 is 1.61 bits per heavy atom. The van der Waals surface area contributed by atoms with Crippen LogP contribution in [0.15, 0.2) is 57.7 Å². The zero-order valence-electron chi connectivity index (χ0n) is 24.0. The highest BCUT2D eigenvalue weighted by atomic mass is 35.5. The molecule has 4 aromatic rings. The molecular weight excluding hydrogens is 542 g/mol. The van der Waals surface area contributed by atoms with Crippen LogP contribution in [0.4, 0.5) is 5.69 Å². The van der Waals surface area contributed by atoms with Crippen molar-refractivity contribution in [1.82, 2.24) is 0 Å². The minimum Gasteiger partial charge on any atom is -0.495 e. The second kappa shape index (κ2) is 11.9. The number of amides is 1. The second-order valence-electron chi connectivity index (χ2n) is 10.3. The Balaban J connectivity index is 1.66. The van der Waals surface area contributed by atoms with Gasteiger partial charge >= 0.3 is 0 Å². The van der Waals surface area contributed by atoms with E-state index in [0.29, 0.717) is 51.1 Å². The highest BCUT2D eigenvalue weighted by Crippen LogP contribution is 2.44. The normalized spacial score (nSPS) is 14.4. The van der Waals surface area contributed by atoms with E-state index in [0.717, 1.165) is 36.8 Å². The summed E-state index contributed by atoms with van der Waals surface area (Å²) in [6.45, 7) is 6.63. The van der Waals surface area contributed by atoms with E-state index in [9.17, 15) is 9.59 Å². The van der Waals surface area contributed by atoms with Crippen LogP contribution in [0.1, 0.15) is 71.5 Å². The first-order valence-electron chi connectivity index (χ1n) is 13.8. The van der Waals surface area contributed by atoms with E-state index in [1.54, 1.807) is 36.3 Å². The number of anilines is 1. The summed E-state index contributed by atoms with van der Waals surface area (Å²) in [4.78, 5) is 29.6. The van der Waals surface area contributed by atoms with Crippen LogP contribution in [0.2, 0.25) is 5.02 Å². The van der Waals surface area contributed by atoms with Crippen molar-refractivity contribution >= 4 is 34.2 Å². The van der Waals surface area contributed by atoms with Gasteiger partial charge in [0.05, 0.1) is 42.8 Å². The molecule has 7 nitrogen and oxygen atoms in total. The van der Waals surface area contributed by atoms with Crippen molar-refractivity contribution < 1.29 is 23.4 Å². The molecule has 1 amide bonds. The number of benzene rings is 3. The average molecular weight is 576 g/mol. The Labute approximate surface area is 244 Å². The monoisotopic (exact) mass is 575 g/mol. The number of unbranched alkanes of at least 4 members (excludes halogenated alkanes) is 3. The molecule has 2 heterocycles. The summed E-state index contributed by atoms with van der Waals surface area (Å²) in [7, 11) is 3.10. The van der Waals surface area contributed by atoms with Gasteiger partial charge in [0.15, 0.2) is 16.9 Å². The summed E-state index contributed by atoms with van der Waals surface area (Å²) in [6.07, 6.45) is 4.36. The van der Waals surface area contributed by atoms with Gasteiger partial charge in [-0.1, -0.05) is 43.9 Å². The third-order valence-corrected chi connectivity index (χ3v) is 7.95. The van der Waals surface area contributed by atoms with Gasteiger partial charge in [0, 0.05) is 5.69 Å². The SMILES string of the molecule is CCCCCCOc1ccc(C2c3c(oc4cc(C)c(C)cc4c3=O)C(=O)N2c2ccc(OC)c(Cl)c2)cc1OC. The molecule has 41 heavy (non-hydrogen) atoms. The zero-order chi connectivity index (χ0) is 29.3. The molecule has 0 saturated carbocycles. The topological polar surface area (TPSA) is 78.2 Å². The van der Waals surface area contributed by atoms with Crippen LogP contribution in [0.25, 0.3) is 11.0 Å². The molecule has 1 unspecified atom stereocenters. The van der Waals surface area contributed by atoms with Crippen LogP contribution < -0.4 is 24.5 Å². The second-order valence-corrected chi connectivity index (χ2v) is 10.7. The predicted molar refractivity (Wildman–Crippen MR) is 161 cm³/mol. The van der Waals surface area contributed by atoms with Crippen molar-refractivity contribution in [2.24, 2.45) is 0 Å². The first-order chi connectivity index (χ1) is 19.8. The number of rotatable bonds is 10. The lowest BCUT2D eigenvalue weighted by molar-refractivity contribution is 0.0971. The zero-order valence-corrected chi connectivity index (χ0v) is 24.8. The number of fused-ring (bicyclic) bond motifs is 2. The fraction of sp³-hybridized carbons (Fsp3) is 0.333. The van der Waals surface area contributed by atoms with E-state index in [1.165, 1.54) is 7.11 Å². The summed E-state index contributed by atoms with van der Waals surface area (Å²) in [5.41, 5.74) is 3.51. The van der Waals surface area contributed by atoms with Crippen LogP contribution in [-0.2, 0) is 0 Å². The molecule has 1 atom stereocenters. The number of methoxy groups -OCH3 is 2. The third-order valence-electron chi connectivity index (χ3n) is 7.66. The van der Waals surface area contributed by atoms with Gasteiger partial charge in [0.25, 0.3) is 5.91 Å². The molecule has 1 aliphatic heterocycles. The molecule has 3 aromatic carbocycles. The lowest BCUT2D eigenvalue weighted by Gasteiger charge is -2.26. The Bertz CT molecular complexity index is 1680. The lowest BCUT2D eigenvalue weighted by Crippen LogP contribution is -2.29. The molecule has 8 heteroatoms. The van der Waals surface area contributed by atoms with Gasteiger partial charge in [-0.25, -0.2) is 0 Å². The Morgan fingerprint density at radius 1 is 0.878 bits per heavy atom. The highest BCUT2D eigenvalue weighted by molar-refractivity contribution is 6.32. The van der Waals surface area contributed by atoms with E-state index < -0.39 is 11.9 Å². The Hall–Kier alpha value is -3.97. The van der Waals surface area contributed by atoms with Crippen molar-refractivity contribution in [2.75, 3.05) is 25.7 Å². The number of hydrogen-bond acceptors (Lipinski definition) is 6. The van der Waals surface area contributed by atoms with E-state index in [-0.39, 0.29) is 16.8 Å². The quantitative estimate of drug-likeness (QED) is 0.180. The first kappa shape index (κ1) is 28.6. The Morgan fingerprint density at radius 3 is 2.32 bits per heavy atom. The third kappa shape index (κ3) is 5.26. The molecule has 0 N–H and O–H groups in total. The number of aryl methyl sites for hydroxylation is 2. The molecule has 0 fully saturated rings. The lowest BCUT2D eigenvalue weighted by atomic mass is 9.97. The molecule has 0 spiro atoms. The summed E-state index contributed by atoms with van der Waals surface area (Å²) in [5, 5.41) is 0.769. The first-order valence-corrected chi connectivity index (χ1v) is 14.2. The fourth-order valence-corrected chi connectivity index (χ4v) is 5.55. The summed E-state index contributed by atoms with van der Waals surface area (Å²) < 4.78 is 23.2. The maximum absolute atomic E-state index is 14.1. The van der Waals surface area contributed by atoms with Gasteiger partial charge < -0.3 is 18.6 Å². The van der Waals surface area contributed by atoms with E-state index in [1.807, 2.05) is 38.1 Å². The molecule has 1 aliphatic rings. The number of ether oxygens (including phenoxy) is 3. The number of carbonyl (C=O) groups is 1. The standard InChI is InChI=1S/C33H34ClNO6/c1-6-7-8-9-14-40-26-12-10-21(17-28(26)39-5)30-29-31(36)23-15-19(2)20(3)16-27(23)41-32(29)33(37)35(30)22-11-13-25(38-4)24(34)18-22/h10-13,15-18,30H,6-9,14H2,1-5H3. The van der Waals surface area contributed by atoms with Crippen molar-refractivity contribution in [2.45, 2.75) is 52.5 Å². The number of halogens is 1. The molecule has 1 aromatic heterocycles. The van der Waals surface area contributed by atoms with Crippen molar-refractivity contribution in [3.63, 3.8) is 0 Å². The average Bonchev–Trinajstić information content (AvgIpc) is 3.26. The Kier molecular flexibility index (Phi) is 8.27. The summed E-state index contributed by atoms with van der Waals surface area (Å²) >= 11 is 6.48. The molecule has 0 saturated heterocycles. The minimum atomic E-state index is -0.781. The summed E-state index contributed by atoms with van der Waals surface area (Å²) in [5.74, 6) is 1.18. The molecule has 0 bridgehead atoms. The number of hydrogen-bond donors (Lipinski definition) is 0. The number of nitrogens with zero attached hydrogens (tertiary/aromatic N) is 1. The molecular formula is C33H34ClNO6. The van der Waals surface area contributed by atoms with Crippen LogP contribution in [0, 0.1) is 13.8 Å². The van der Waals surface area contributed by atoms with Crippen LogP contribution >= 0.6 is 11.6 Å². The van der Waals surface area contributed by atoms with Crippen molar-refractivity contribution in [3.05, 3.63) is 91.8 Å². The highest BCUT2D eigenvalue weighted by Gasteiger charge is 2.44. The number of carbonyl (C=O) groups excluding carboxylic acids is 1. The van der Waals surface area contributed by atoms with E-state index >= 15 is 0 Å². The van der Waals surface area contributed by atoms with Gasteiger partial charge in [-0.15, -0.1) is 0 Å². The maximum atomic E-state index is 14.1. The van der Waals surface area contributed by atoms with Gasteiger partial charge in [-0.3, -0.25) is 14.5 Å². The predicted octanol–water partition coefficient (Wildman–Crippen LogP) is 7.79.